The van der Waals surface area contributed by atoms with Gasteiger partial charge in [0.2, 0.25) is 0 Å². The first-order valence-corrected chi connectivity index (χ1v) is 8.04. The van der Waals surface area contributed by atoms with Crippen molar-refractivity contribution < 1.29 is 33.4 Å². The second-order valence-corrected chi connectivity index (χ2v) is 4.99. The molecule has 0 aromatic heterocycles. The van der Waals surface area contributed by atoms with E-state index in [0.717, 1.165) is 25.7 Å². The highest BCUT2D eigenvalue weighted by Crippen LogP contribution is 2.04. The monoisotopic (exact) mass is 330 g/mol. The van der Waals surface area contributed by atoms with E-state index in [1.165, 1.54) is 0 Å². The van der Waals surface area contributed by atoms with E-state index < -0.39 is 11.9 Å². The van der Waals surface area contributed by atoms with Crippen molar-refractivity contribution in [1.29, 1.82) is 0 Å². The Hall–Kier alpha value is -1.92. The van der Waals surface area contributed by atoms with Crippen LogP contribution in [0.5, 0.6) is 0 Å². The lowest BCUT2D eigenvalue weighted by molar-refractivity contribution is -0.152. The minimum atomic E-state index is -0.398. The first kappa shape index (κ1) is 21.1. The Bertz CT molecular complexity index is 354. The number of ether oxygens (including phenoxy) is 3. The van der Waals surface area contributed by atoms with E-state index in [4.69, 9.17) is 9.47 Å². The van der Waals surface area contributed by atoms with Gasteiger partial charge in [0.05, 0.1) is 38.9 Å². The molecule has 0 aromatic rings. The molecule has 0 N–H and O–H groups in total. The summed E-state index contributed by atoms with van der Waals surface area (Å²) in [7, 11) is 0. The summed E-state index contributed by atoms with van der Waals surface area (Å²) in [5.41, 5.74) is 0. The van der Waals surface area contributed by atoms with E-state index in [9.17, 15) is 19.2 Å². The quantitative estimate of drug-likeness (QED) is 0.277. The molecular formula is C16H26O7. The third-order valence-electron chi connectivity index (χ3n) is 2.82. The topological polar surface area (TPSA) is 96.0 Å². The molecule has 1 saturated heterocycles. The summed E-state index contributed by atoms with van der Waals surface area (Å²) >= 11 is 0. The molecule has 0 amide bonds. The number of carbonyl (C=O) groups is 4. The van der Waals surface area contributed by atoms with Gasteiger partial charge in [-0.25, -0.2) is 0 Å². The summed E-state index contributed by atoms with van der Waals surface area (Å²) < 4.78 is 13.9. The first-order chi connectivity index (χ1) is 11.0. The van der Waals surface area contributed by atoms with E-state index in [-0.39, 0.29) is 37.6 Å². The van der Waals surface area contributed by atoms with Crippen molar-refractivity contribution in [2.75, 3.05) is 13.2 Å². The lowest BCUT2D eigenvalue weighted by atomic mass is 10.3. The summed E-state index contributed by atoms with van der Waals surface area (Å²) in [4.78, 5) is 42.3. The Morgan fingerprint density at radius 3 is 1.52 bits per heavy atom. The minimum absolute atomic E-state index is 0.120. The highest BCUT2D eigenvalue weighted by molar-refractivity contribution is 5.92. The number of hydrogen-bond acceptors (Lipinski definition) is 7. The number of cyclic esters (lactones) is 2. The van der Waals surface area contributed by atoms with Gasteiger partial charge in [0.25, 0.3) is 0 Å². The van der Waals surface area contributed by atoms with Crippen LogP contribution in [0, 0.1) is 0 Å². The van der Waals surface area contributed by atoms with Gasteiger partial charge in [0.1, 0.15) is 0 Å². The van der Waals surface area contributed by atoms with Gasteiger partial charge >= 0.3 is 23.9 Å². The average Bonchev–Trinajstić information content (AvgIpc) is 2.90. The lowest BCUT2D eigenvalue weighted by Crippen LogP contribution is -2.11. The molecule has 0 aromatic carbocycles. The van der Waals surface area contributed by atoms with Crippen molar-refractivity contribution in [1.82, 2.24) is 0 Å². The molecule has 1 aliphatic rings. The summed E-state index contributed by atoms with van der Waals surface area (Å²) in [6.07, 6.45) is 4.49. The van der Waals surface area contributed by atoms with Crippen LogP contribution in [0.25, 0.3) is 0 Å². The van der Waals surface area contributed by atoms with Crippen LogP contribution < -0.4 is 0 Å². The van der Waals surface area contributed by atoms with Gasteiger partial charge < -0.3 is 14.2 Å². The van der Waals surface area contributed by atoms with Crippen LogP contribution >= 0.6 is 0 Å². The Labute approximate surface area is 136 Å². The molecule has 0 spiro atoms. The van der Waals surface area contributed by atoms with Gasteiger partial charge in [0.15, 0.2) is 0 Å². The van der Waals surface area contributed by atoms with Gasteiger partial charge in [0, 0.05) is 0 Å². The van der Waals surface area contributed by atoms with Crippen LogP contribution in [0.3, 0.4) is 0 Å². The summed E-state index contributed by atoms with van der Waals surface area (Å²) in [6, 6.07) is 0. The van der Waals surface area contributed by atoms with E-state index in [2.05, 4.69) is 4.74 Å². The molecule has 23 heavy (non-hydrogen) atoms. The Morgan fingerprint density at radius 1 is 0.870 bits per heavy atom. The zero-order chi connectivity index (χ0) is 17.5. The summed E-state index contributed by atoms with van der Waals surface area (Å²) in [6.45, 7) is 4.94. The van der Waals surface area contributed by atoms with Crippen LogP contribution in [0.15, 0.2) is 0 Å². The molecule has 1 rings (SSSR count). The molecule has 0 aliphatic carbocycles. The van der Waals surface area contributed by atoms with Crippen LogP contribution in [0.1, 0.15) is 65.2 Å². The highest BCUT2D eigenvalue weighted by atomic mass is 16.6. The molecule has 0 atom stereocenters. The molecule has 1 aliphatic heterocycles. The SMILES string of the molecule is CCCCOC(=O)CCC(=O)OCCCC.O=C1CCC(=O)O1. The molecule has 1 fully saturated rings. The van der Waals surface area contributed by atoms with Gasteiger partial charge in [-0.05, 0) is 12.8 Å². The van der Waals surface area contributed by atoms with Gasteiger partial charge in [-0.3, -0.25) is 19.2 Å². The fourth-order valence-corrected chi connectivity index (χ4v) is 1.44. The molecule has 7 heteroatoms. The molecule has 7 nitrogen and oxygen atoms in total. The number of rotatable bonds is 9. The molecule has 0 saturated carbocycles. The minimum Gasteiger partial charge on any atom is -0.466 e. The van der Waals surface area contributed by atoms with Crippen LogP contribution in [-0.2, 0) is 33.4 Å². The number of esters is 4. The van der Waals surface area contributed by atoms with Crippen LogP contribution in [0.4, 0.5) is 0 Å². The van der Waals surface area contributed by atoms with Crippen molar-refractivity contribution in [2.24, 2.45) is 0 Å². The van der Waals surface area contributed by atoms with Crippen LogP contribution in [-0.4, -0.2) is 37.1 Å². The molecule has 132 valence electrons. The van der Waals surface area contributed by atoms with Gasteiger partial charge in [-0.2, -0.15) is 0 Å². The highest BCUT2D eigenvalue weighted by Gasteiger charge is 2.19. The van der Waals surface area contributed by atoms with Gasteiger partial charge in [-0.15, -0.1) is 0 Å². The van der Waals surface area contributed by atoms with Crippen molar-refractivity contribution in [3.05, 3.63) is 0 Å². The zero-order valence-electron chi connectivity index (χ0n) is 13.9. The summed E-state index contributed by atoms with van der Waals surface area (Å²) in [5.74, 6) is -1.43. The van der Waals surface area contributed by atoms with E-state index in [1.54, 1.807) is 0 Å². The maximum atomic E-state index is 11.1. The third-order valence-corrected chi connectivity index (χ3v) is 2.82. The van der Waals surface area contributed by atoms with E-state index in [0.29, 0.717) is 13.2 Å². The lowest BCUT2D eigenvalue weighted by Gasteiger charge is -2.04. The van der Waals surface area contributed by atoms with Gasteiger partial charge in [-0.1, -0.05) is 26.7 Å². The number of unbranched alkanes of at least 4 members (excludes halogenated alkanes) is 2. The first-order valence-electron chi connectivity index (χ1n) is 8.04. The Morgan fingerprint density at radius 2 is 1.26 bits per heavy atom. The van der Waals surface area contributed by atoms with Crippen molar-refractivity contribution in [2.45, 2.75) is 65.2 Å². The second kappa shape index (κ2) is 13.7. The van der Waals surface area contributed by atoms with E-state index >= 15 is 0 Å². The molecule has 0 bridgehead atoms. The zero-order valence-corrected chi connectivity index (χ0v) is 13.9. The smallest absolute Gasteiger partial charge is 0.314 e. The normalized spacial score (nSPS) is 13.0. The predicted octanol–water partition coefficient (Wildman–Crippen LogP) is 2.30. The number of carbonyl (C=O) groups excluding carboxylic acids is 4. The second-order valence-electron chi connectivity index (χ2n) is 4.99. The largest absolute Gasteiger partial charge is 0.466 e. The maximum Gasteiger partial charge on any atom is 0.314 e. The Kier molecular flexibility index (Phi) is 12.6. The third kappa shape index (κ3) is 13.5. The maximum absolute atomic E-state index is 11.1. The van der Waals surface area contributed by atoms with Crippen LogP contribution in [0.2, 0.25) is 0 Å². The van der Waals surface area contributed by atoms with Crippen molar-refractivity contribution in [3.63, 3.8) is 0 Å². The average molecular weight is 330 g/mol. The molecule has 0 radical (unpaired) electrons. The van der Waals surface area contributed by atoms with Crippen molar-refractivity contribution in [3.8, 4) is 0 Å². The predicted molar refractivity (Wildman–Crippen MR) is 81.3 cm³/mol. The Balaban J connectivity index is 0.000000568. The fraction of sp³-hybridized carbons (Fsp3) is 0.750. The number of hydrogen-bond donors (Lipinski definition) is 0. The summed E-state index contributed by atoms with van der Waals surface area (Å²) in [5, 5.41) is 0. The molecule has 0 unspecified atom stereocenters. The fourth-order valence-electron chi connectivity index (χ4n) is 1.44. The molecule has 1 heterocycles. The van der Waals surface area contributed by atoms with E-state index in [1.807, 2.05) is 13.8 Å². The molecular weight excluding hydrogens is 304 g/mol. The standard InChI is InChI=1S/C12H22O4.C4H4O3/c1-3-5-9-15-11(13)7-8-12(14)16-10-6-4-2;5-3-1-2-4(6)7-3/h3-10H2,1-2H3;1-2H2. The van der Waals surface area contributed by atoms with Crippen molar-refractivity contribution >= 4 is 23.9 Å².